The highest BCUT2D eigenvalue weighted by Gasteiger charge is 2.16. The third-order valence-electron chi connectivity index (χ3n) is 3.33. The molecule has 2 heterocycles. The van der Waals surface area contributed by atoms with Crippen molar-refractivity contribution in [2.24, 2.45) is 0 Å². The van der Waals surface area contributed by atoms with E-state index in [1.807, 2.05) is 18.2 Å². The van der Waals surface area contributed by atoms with E-state index < -0.39 is 0 Å². The number of rotatable bonds is 3. The molecule has 106 valence electrons. The van der Waals surface area contributed by atoms with Crippen molar-refractivity contribution in [3.63, 3.8) is 0 Å². The van der Waals surface area contributed by atoms with Gasteiger partial charge in [0.1, 0.15) is 5.82 Å². The van der Waals surface area contributed by atoms with Gasteiger partial charge in [-0.15, -0.1) is 0 Å². The molecule has 0 unspecified atom stereocenters. The summed E-state index contributed by atoms with van der Waals surface area (Å²) in [5.74, 6) is 1.79. The lowest BCUT2D eigenvalue weighted by Crippen LogP contribution is -2.00. The van der Waals surface area contributed by atoms with E-state index in [1.165, 1.54) is 12.1 Å². The van der Waals surface area contributed by atoms with Gasteiger partial charge in [-0.25, -0.2) is 9.37 Å². The molecule has 6 heteroatoms. The van der Waals surface area contributed by atoms with Crippen LogP contribution in [-0.2, 0) is 6.54 Å². The van der Waals surface area contributed by atoms with Gasteiger partial charge in [0.15, 0.2) is 11.5 Å². The molecule has 2 aromatic carbocycles. The van der Waals surface area contributed by atoms with Crippen molar-refractivity contribution in [3.05, 3.63) is 47.8 Å². The largest absolute Gasteiger partial charge is 0.454 e. The fourth-order valence-corrected chi connectivity index (χ4v) is 2.32. The van der Waals surface area contributed by atoms with Crippen LogP contribution in [0.15, 0.2) is 36.4 Å². The van der Waals surface area contributed by atoms with Crippen LogP contribution in [0, 0.1) is 5.82 Å². The summed E-state index contributed by atoms with van der Waals surface area (Å²) in [6, 6.07) is 10.1. The molecular formula is C15H12FN3O2. The summed E-state index contributed by atoms with van der Waals surface area (Å²) in [5, 5.41) is 3.14. The van der Waals surface area contributed by atoms with E-state index in [2.05, 4.69) is 15.3 Å². The normalized spacial score (nSPS) is 12.8. The van der Waals surface area contributed by atoms with Gasteiger partial charge in [-0.05, 0) is 17.7 Å². The molecule has 3 aromatic rings. The molecule has 1 aliphatic heterocycles. The summed E-state index contributed by atoms with van der Waals surface area (Å²) < 4.78 is 23.8. The lowest BCUT2D eigenvalue weighted by Gasteiger charge is -2.02. The summed E-state index contributed by atoms with van der Waals surface area (Å²) in [6.45, 7) is 0.733. The van der Waals surface area contributed by atoms with Gasteiger partial charge in [0, 0.05) is 18.7 Å². The van der Waals surface area contributed by atoms with Crippen LogP contribution in [0.4, 0.5) is 10.3 Å². The number of nitrogens with zero attached hydrogens (tertiary/aromatic N) is 1. The Morgan fingerprint density at radius 2 is 2.05 bits per heavy atom. The number of aromatic nitrogens is 2. The fraction of sp³-hybridized carbons (Fsp3) is 0.133. The Balaban J connectivity index is 1.57. The van der Waals surface area contributed by atoms with Crippen molar-refractivity contribution in [2.45, 2.75) is 6.54 Å². The van der Waals surface area contributed by atoms with E-state index in [4.69, 9.17) is 9.47 Å². The predicted octanol–water partition coefficient (Wildman–Crippen LogP) is 3.04. The first-order valence-corrected chi connectivity index (χ1v) is 6.55. The molecule has 1 aromatic heterocycles. The monoisotopic (exact) mass is 285 g/mol. The van der Waals surface area contributed by atoms with Gasteiger partial charge in [0.2, 0.25) is 12.7 Å². The average molecular weight is 285 g/mol. The van der Waals surface area contributed by atoms with E-state index in [1.54, 1.807) is 6.07 Å². The second-order valence-electron chi connectivity index (χ2n) is 4.79. The molecule has 0 amide bonds. The Hall–Kier alpha value is -2.76. The zero-order valence-electron chi connectivity index (χ0n) is 11.0. The van der Waals surface area contributed by atoms with Crippen molar-refractivity contribution < 1.29 is 13.9 Å². The number of fused-ring (bicyclic) bond motifs is 2. The maximum atomic E-state index is 13.1. The predicted molar refractivity (Wildman–Crippen MR) is 75.9 cm³/mol. The van der Waals surface area contributed by atoms with E-state index in [-0.39, 0.29) is 12.6 Å². The summed E-state index contributed by atoms with van der Waals surface area (Å²) >= 11 is 0. The lowest BCUT2D eigenvalue weighted by molar-refractivity contribution is 0.174. The summed E-state index contributed by atoms with van der Waals surface area (Å²) in [6.07, 6.45) is 0. The molecule has 0 saturated heterocycles. The van der Waals surface area contributed by atoms with Crippen LogP contribution in [0.1, 0.15) is 5.56 Å². The molecule has 21 heavy (non-hydrogen) atoms. The number of imidazole rings is 1. The van der Waals surface area contributed by atoms with Crippen LogP contribution in [0.2, 0.25) is 0 Å². The molecule has 0 fully saturated rings. The molecule has 5 nitrogen and oxygen atoms in total. The van der Waals surface area contributed by atoms with Gasteiger partial charge in [0.25, 0.3) is 0 Å². The number of ether oxygens (including phenoxy) is 2. The zero-order chi connectivity index (χ0) is 14.2. The highest BCUT2D eigenvalue weighted by atomic mass is 19.1. The summed E-state index contributed by atoms with van der Waals surface area (Å²) in [7, 11) is 0. The summed E-state index contributed by atoms with van der Waals surface area (Å²) in [5.41, 5.74) is 2.51. The molecular weight excluding hydrogens is 273 g/mol. The number of nitrogens with one attached hydrogen (secondary N) is 2. The minimum absolute atomic E-state index is 0.243. The first-order valence-electron chi connectivity index (χ1n) is 6.55. The van der Waals surface area contributed by atoms with Crippen LogP contribution in [0.25, 0.3) is 11.0 Å². The third kappa shape index (κ3) is 2.24. The van der Waals surface area contributed by atoms with Gasteiger partial charge < -0.3 is 19.8 Å². The van der Waals surface area contributed by atoms with Crippen molar-refractivity contribution >= 4 is 17.0 Å². The molecule has 0 aliphatic carbocycles. The minimum atomic E-state index is -0.246. The van der Waals surface area contributed by atoms with E-state index in [0.717, 1.165) is 16.6 Å². The van der Waals surface area contributed by atoms with E-state index in [9.17, 15) is 4.39 Å². The number of benzene rings is 2. The fourth-order valence-electron chi connectivity index (χ4n) is 2.32. The number of halogens is 1. The van der Waals surface area contributed by atoms with E-state index in [0.29, 0.717) is 24.0 Å². The Morgan fingerprint density at radius 1 is 1.19 bits per heavy atom. The van der Waals surface area contributed by atoms with Crippen molar-refractivity contribution in [1.29, 1.82) is 0 Å². The molecule has 1 aliphatic rings. The molecule has 0 saturated carbocycles. The lowest BCUT2D eigenvalue weighted by atomic mass is 10.2. The quantitative estimate of drug-likeness (QED) is 0.776. The molecule has 4 rings (SSSR count). The van der Waals surface area contributed by atoms with Gasteiger partial charge in [-0.2, -0.15) is 0 Å². The van der Waals surface area contributed by atoms with Crippen molar-refractivity contribution in [2.75, 3.05) is 12.1 Å². The number of hydrogen-bond acceptors (Lipinski definition) is 4. The SMILES string of the molecule is Fc1cccc(CNc2nc3cc4c(cc3[nH]2)OCO4)c1. The molecule has 0 radical (unpaired) electrons. The second-order valence-corrected chi connectivity index (χ2v) is 4.79. The number of anilines is 1. The van der Waals surface area contributed by atoms with Crippen molar-refractivity contribution in [1.82, 2.24) is 9.97 Å². The molecule has 0 atom stereocenters. The standard InChI is InChI=1S/C15H12FN3O2/c16-10-3-1-2-9(4-10)7-17-15-18-11-5-13-14(21-8-20-13)6-12(11)19-15/h1-6H,7-8H2,(H2,17,18,19). The minimum Gasteiger partial charge on any atom is -0.454 e. The van der Waals surface area contributed by atoms with Crippen LogP contribution >= 0.6 is 0 Å². The van der Waals surface area contributed by atoms with E-state index >= 15 is 0 Å². The van der Waals surface area contributed by atoms with Gasteiger partial charge in [-0.1, -0.05) is 12.1 Å². The summed E-state index contributed by atoms with van der Waals surface area (Å²) in [4.78, 5) is 7.59. The maximum absolute atomic E-state index is 13.1. The second kappa shape index (κ2) is 4.66. The average Bonchev–Trinajstić information content (AvgIpc) is 3.07. The Labute approximate surface area is 119 Å². The molecule has 0 spiro atoms. The smallest absolute Gasteiger partial charge is 0.231 e. The van der Waals surface area contributed by atoms with Crippen LogP contribution < -0.4 is 14.8 Å². The number of H-pyrrole nitrogens is 1. The Bertz CT molecular complexity index is 775. The molecule has 0 bridgehead atoms. The van der Waals surface area contributed by atoms with Gasteiger partial charge in [0.05, 0.1) is 11.0 Å². The number of hydrogen-bond donors (Lipinski definition) is 2. The van der Waals surface area contributed by atoms with Crippen molar-refractivity contribution in [3.8, 4) is 11.5 Å². The van der Waals surface area contributed by atoms with Crippen LogP contribution in [-0.4, -0.2) is 16.8 Å². The Kier molecular flexibility index (Phi) is 2.67. The highest BCUT2D eigenvalue weighted by molar-refractivity contribution is 5.81. The topological polar surface area (TPSA) is 59.2 Å². The van der Waals surface area contributed by atoms with Crippen LogP contribution in [0.3, 0.4) is 0 Å². The highest BCUT2D eigenvalue weighted by Crippen LogP contribution is 2.35. The number of aromatic amines is 1. The first kappa shape index (κ1) is 12.0. The van der Waals surface area contributed by atoms with Gasteiger partial charge >= 0.3 is 0 Å². The maximum Gasteiger partial charge on any atom is 0.231 e. The van der Waals surface area contributed by atoms with Crippen LogP contribution in [0.5, 0.6) is 11.5 Å². The first-order chi connectivity index (χ1) is 10.3. The third-order valence-corrected chi connectivity index (χ3v) is 3.33. The molecule has 2 N–H and O–H groups in total. The zero-order valence-corrected chi connectivity index (χ0v) is 11.0. The Morgan fingerprint density at radius 3 is 2.90 bits per heavy atom. The van der Waals surface area contributed by atoms with Gasteiger partial charge in [-0.3, -0.25) is 0 Å².